The first-order chi connectivity index (χ1) is 13.2. The zero-order valence-electron chi connectivity index (χ0n) is 15.5. The van der Waals surface area contributed by atoms with Gasteiger partial charge in [-0.3, -0.25) is 4.98 Å². The number of aliphatic hydroxyl groups excluding tert-OH is 1. The molecule has 4 rings (SSSR count). The fourth-order valence-corrected chi connectivity index (χ4v) is 5.42. The zero-order chi connectivity index (χ0) is 18.8. The van der Waals surface area contributed by atoms with Crippen molar-refractivity contribution in [2.45, 2.75) is 43.9 Å². The van der Waals surface area contributed by atoms with E-state index in [9.17, 15) is 5.11 Å². The predicted octanol–water partition coefficient (Wildman–Crippen LogP) is 3.55. The normalized spacial score (nSPS) is 16.1. The van der Waals surface area contributed by atoms with Crippen molar-refractivity contribution in [1.82, 2.24) is 19.9 Å². The fraction of sp³-hybridized carbons (Fsp3) is 0.474. The van der Waals surface area contributed by atoms with Gasteiger partial charge in [0.1, 0.15) is 16.3 Å². The Morgan fingerprint density at radius 1 is 1.26 bits per heavy atom. The Morgan fingerprint density at radius 3 is 2.85 bits per heavy atom. The third kappa shape index (κ3) is 3.66. The first kappa shape index (κ1) is 18.6. The molecule has 8 heteroatoms. The van der Waals surface area contributed by atoms with Gasteiger partial charge < -0.3 is 10.4 Å². The van der Waals surface area contributed by atoms with Crippen LogP contribution in [0.5, 0.6) is 0 Å². The highest BCUT2D eigenvalue weighted by Crippen LogP contribution is 2.39. The highest BCUT2D eigenvalue weighted by atomic mass is 32.2. The van der Waals surface area contributed by atoms with Crippen LogP contribution in [-0.2, 0) is 12.8 Å². The molecular weight excluding hydrogens is 378 g/mol. The van der Waals surface area contributed by atoms with Crippen LogP contribution in [0.15, 0.2) is 18.6 Å². The first-order valence-corrected chi connectivity index (χ1v) is 11.3. The number of hydrogen-bond acceptors (Lipinski definition) is 8. The molecule has 0 aromatic carbocycles. The third-order valence-electron chi connectivity index (χ3n) is 5.01. The van der Waals surface area contributed by atoms with Gasteiger partial charge >= 0.3 is 0 Å². The number of nitrogens with one attached hydrogen (secondary N) is 1. The predicted molar refractivity (Wildman–Crippen MR) is 113 cm³/mol. The lowest BCUT2D eigenvalue weighted by atomic mass is 9.97. The van der Waals surface area contributed by atoms with E-state index in [0.717, 1.165) is 28.9 Å². The first-order valence-electron chi connectivity index (χ1n) is 9.20. The minimum atomic E-state index is 0.0805. The molecule has 2 unspecified atom stereocenters. The van der Waals surface area contributed by atoms with Crippen molar-refractivity contribution in [3.8, 4) is 11.5 Å². The second-order valence-electron chi connectivity index (χ2n) is 6.77. The topological polar surface area (TPSA) is 83.8 Å². The van der Waals surface area contributed by atoms with Gasteiger partial charge in [0, 0.05) is 28.6 Å². The summed E-state index contributed by atoms with van der Waals surface area (Å²) in [6, 6.07) is 0.0805. The molecule has 0 aliphatic heterocycles. The van der Waals surface area contributed by atoms with Gasteiger partial charge in [0.05, 0.1) is 18.2 Å². The maximum absolute atomic E-state index is 9.66. The van der Waals surface area contributed by atoms with E-state index in [1.807, 2.05) is 6.26 Å². The van der Waals surface area contributed by atoms with Crippen LogP contribution in [0, 0.1) is 0 Å². The number of thioether (sulfide) groups is 1. The van der Waals surface area contributed by atoms with Crippen LogP contribution >= 0.6 is 23.1 Å². The quantitative estimate of drug-likeness (QED) is 0.653. The Kier molecular flexibility index (Phi) is 5.56. The minimum absolute atomic E-state index is 0.0805. The molecule has 1 aliphatic rings. The van der Waals surface area contributed by atoms with Crippen LogP contribution in [0.1, 0.15) is 30.2 Å². The summed E-state index contributed by atoms with van der Waals surface area (Å²) in [5.74, 6) is 1.44. The Balaban J connectivity index is 1.84. The van der Waals surface area contributed by atoms with E-state index in [0.29, 0.717) is 11.5 Å². The molecule has 0 radical (unpaired) electrons. The van der Waals surface area contributed by atoms with Crippen molar-refractivity contribution >= 4 is 39.1 Å². The average molecular weight is 402 g/mol. The molecule has 1 aliphatic carbocycles. The molecule has 0 amide bonds. The monoisotopic (exact) mass is 401 g/mol. The van der Waals surface area contributed by atoms with Crippen molar-refractivity contribution < 1.29 is 5.11 Å². The Bertz CT molecular complexity index is 927. The molecule has 0 saturated carbocycles. The lowest BCUT2D eigenvalue weighted by Crippen LogP contribution is -2.31. The van der Waals surface area contributed by atoms with Crippen molar-refractivity contribution in [2.24, 2.45) is 0 Å². The van der Waals surface area contributed by atoms with E-state index >= 15 is 0 Å². The Morgan fingerprint density at radius 2 is 2.11 bits per heavy atom. The summed E-state index contributed by atoms with van der Waals surface area (Å²) < 4.78 is 0. The second kappa shape index (κ2) is 8.08. The van der Waals surface area contributed by atoms with Crippen LogP contribution in [0.2, 0.25) is 0 Å². The second-order valence-corrected chi connectivity index (χ2v) is 8.93. The van der Waals surface area contributed by atoms with E-state index < -0.39 is 0 Å². The highest BCUT2D eigenvalue weighted by Gasteiger charge is 2.24. The van der Waals surface area contributed by atoms with Crippen LogP contribution in [0.4, 0.5) is 5.82 Å². The molecule has 3 aromatic rings. The number of aromatic nitrogens is 4. The molecule has 0 fully saturated rings. The van der Waals surface area contributed by atoms with Gasteiger partial charge in [0.25, 0.3) is 0 Å². The maximum atomic E-state index is 9.66. The molecule has 27 heavy (non-hydrogen) atoms. The summed E-state index contributed by atoms with van der Waals surface area (Å²) in [5.41, 5.74) is 2.07. The van der Waals surface area contributed by atoms with Crippen LogP contribution in [0.3, 0.4) is 0 Å². The SMILES string of the molecule is CSC(CO)C(C)Nc1nc(-c2cnccn2)nc2sc3c(c12)CCCC3. The van der Waals surface area contributed by atoms with Gasteiger partial charge in [0.2, 0.25) is 0 Å². The zero-order valence-corrected chi connectivity index (χ0v) is 17.1. The van der Waals surface area contributed by atoms with Gasteiger partial charge in [0.15, 0.2) is 5.82 Å². The van der Waals surface area contributed by atoms with Crippen molar-refractivity contribution in [2.75, 3.05) is 18.2 Å². The summed E-state index contributed by atoms with van der Waals surface area (Å²) >= 11 is 3.43. The van der Waals surface area contributed by atoms with E-state index in [2.05, 4.69) is 22.2 Å². The number of hydrogen-bond donors (Lipinski definition) is 2. The number of thiophene rings is 1. The molecule has 0 bridgehead atoms. The van der Waals surface area contributed by atoms with Crippen molar-refractivity contribution in [1.29, 1.82) is 0 Å². The highest BCUT2D eigenvalue weighted by molar-refractivity contribution is 7.99. The Labute approximate surface area is 166 Å². The number of aryl methyl sites for hydroxylation is 2. The molecule has 6 nitrogen and oxygen atoms in total. The van der Waals surface area contributed by atoms with Crippen LogP contribution in [0.25, 0.3) is 21.7 Å². The number of rotatable bonds is 6. The van der Waals surface area contributed by atoms with E-state index in [1.165, 1.54) is 23.3 Å². The molecule has 0 spiro atoms. The third-order valence-corrected chi connectivity index (χ3v) is 7.36. The van der Waals surface area contributed by atoms with Crippen molar-refractivity contribution in [3.63, 3.8) is 0 Å². The largest absolute Gasteiger partial charge is 0.395 e. The van der Waals surface area contributed by atoms with Gasteiger partial charge in [-0.2, -0.15) is 11.8 Å². The standard InChI is InChI=1S/C19H23N5OS2/c1-11(15(10-25)26-2)22-18-16-12-5-3-4-6-14(12)27-19(16)24-17(23-18)13-9-20-7-8-21-13/h7-9,11,15,25H,3-6,10H2,1-2H3,(H,22,23,24). The minimum Gasteiger partial charge on any atom is -0.395 e. The molecule has 2 N–H and O–H groups in total. The molecular formula is C19H23N5OS2. The summed E-state index contributed by atoms with van der Waals surface area (Å²) in [4.78, 5) is 20.6. The molecule has 142 valence electrons. The molecule has 0 saturated heterocycles. The fourth-order valence-electron chi connectivity index (χ4n) is 3.54. The maximum Gasteiger partial charge on any atom is 0.183 e. The van der Waals surface area contributed by atoms with E-state index in [4.69, 9.17) is 9.97 Å². The Hall–Kier alpha value is -1.77. The number of aliphatic hydroxyl groups is 1. The molecule has 2 atom stereocenters. The molecule has 3 aromatic heterocycles. The average Bonchev–Trinajstić information content (AvgIpc) is 3.08. The van der Waals surface area contributed by atoms with Gasteiger partial charge in [-0.1, -0.05) is 0 Å². The summed E-state index contributed by atoms with van der Waals surface area (Å²) in [7, 11) is 0. The lowest BCUT2D eigenvalue weighted by Gasteiger charge is -2.23. The number of anilines is 1. The van der Waals surface area contributed by atoms with Gasteiger partial charge in [-0.15, -0.1) is 11.3 Å². The van der Waals surface area contributed by atoms with Crippen molar-refractivity contribution in [3.05, 3.63) is 29.0 Å². The number of fused-ring (bicyclic) bond motifs is 3. The smallest absolute Gasteiger partial charge is 0.183 e. The van der Waals surface area contributed by atoms with Gasteiger partial charge in [-0.05, 0) is 44.4 Å². The number of nitrogens with zero attached hydrogens (tertiary/aromatic N) is 4. The summed E-state index contributed by atoms with van der Waals surface area (Å²) in [5, 5.41) is 14.5. The van der Waals surface area contributed by atoms with Crippen LogP contribution in [-0.4, -0.2) is 49.2 Å². The summed E-state index contributed by atoms with van der Waals surface area (Å²) in [6.45, 7) is 2.22. The van der Waals surface area contributed by atoms with E-state index in [-0.39, 0.29) is 17.9 Å². The van der Waals surface area contributed by atoms with Crippen LogP contribution < -0.4 is 5.32 Å². The van der Waals surface area contributed by atoms with E-state index in [1.54, 1.807) is 41.7 Å². The lowest BCUT2D eigenvalue weighted by molar-refractivity contribution is 0.288. The molecule has 3 heterocycles. The summed E-state index contributed by atoms with van der Waals surface area (Å²) in [6.07, 6.45) is 11.7. The van der Waals surface area contributed by atoms with Gasteiger partial charge in [-0.25, -0.2) is 15.0 Å².